The fraction of sp³-hybridized carbons (Fsp3) is 0.455. The number of hydrogen-bond acceptors (Lipinski definition) is 1. The standard InChI is InChI=1S/C11H10F7N/c12-8-4-6(3-7(5-8)11(16,17)18)9(19)1-2-10(13,14)15/h3-5,9H,1-2,19H2/t9-/m0/s1. The lowest BCUT2D eigenvalue weighted by molar-refractivity contribution is -0.138. The Morgan fingerprint density at radius 1 is 1.00 bits per heavy atom. The molecule has 0 heterocycles. The van der Waals surface area contributed by atoms with Gasteiger partial charge in [-0.3, -0.25) is 0 Å². The molecular formula is C11H10F7N. The largest absolute Gasteiger partial charge is 0.416 e. The molecule has 8 heteroatoms. The van der Waals surface area contributed by atoms with Crippen LogP contribution in [0.5, 0.6) is 0 Å². The monoisotopic (exact) mass is 289 g/mol. The van der Waals surface area contributed by atoms with E-state index in [2.05, 4.69) is 0 Å². The average molecular weight is 289 g/mol. The summed E-state index contributed by atoms with van der Waals surface area (Å²) in [7, 11) is 0. The Balaban J connectivity index is 2.91. The van der Waals surface area contributed by atoms with Crippen molar-refractivity contribution in [2.24, 2.45) is 5.73 Å². The van der Waals surface area contributed by atoms with Gasteiger partial charge in [-0.15, -0.1) is 0 Å². The molecule has 1 nitrogen and oxygen atoms in total. The molecule has 0 fully saturated rings. The molecule has 2 N–H and O–H groups in total. The van der Waals surface area contributed by atoms with E-state index < -0.39 is 42.6 Å². The third-order valence-corrected chi connectivity index (χ3v) is 2.41. The van der Waals surface area contributed by atoms with Gasteiger partial charge in [0.15, 0.2) is 0 Å². The van der Waals surface area contributed by atoms with Crippen molar-refractivity contribution in [3.8, 4) is 0 Å². The molecule has 1 aromatic rings. The van der Waals surface area contributed by atoms with Gasteiger partial charge in [-0.2, -0.15) is 26.3 Å². The lowest BCUT2D eigenvalue weighted by Gasteiger charge is -2.16. The second kappa shape index (κ2) is 5.36. The number of alkyl halides is 6. The van der Waals surface area contributed by atoms with E-state index in [0.717, 1.165) is 0 Å². The molecule has 0 aliphatic heterocycles. The minimum Gasteiger partial charge on any atom is -0.324 e. The zero-order valence-electron chi connectivity index (χ0n) is 9.45. The smallest absolute Gasteiger partial charge is 0.324 e. The molecule has 0 aliphatic rings. The van der Waals surface area contributed by atoms with E-state index in [1.54, 1.807) is 0 Å². The van der Waals surface area contributed by atoms with E-state index in [4.69, 9.17) is 5.73 Å². The zero-order valence-corrected chi connectivity index (χ0v) is 9.45. The van der Waals surface area contributed by atoms with Gasteiger partial charge in [0.25, 0.3) is 0 Å². The average Bonchev–Trinajstić information content (AvgIpc) is 2.22. The number of benzene rings is 1. The van der Waals surface area contributed by atoms with Crippen molar-refractivity contribution in [2.75, 3.05) is 0 Å². The predicted molar refractivity (Wildman–Crippen MR) is 53.6 cm³/mol. The fourth-order valence-corrected chi connectivity index (χ4v) is 1.48. The quantitative estimate of drug-likeness (QED) is 0.830. The van der Waals surface area contributed by atoms with Crippen molar-refractivity contribution < 1.29 is 30.7 Å². The normalized spacial score (nSPS) is 14.5. The van der Waals surface area contributed by atoms with E-state index in [1.807, 2.05) is 0 Å². The van der Waals surface area contributed by atoms with Crippen LogP contribution in [0.3, 0.4) is 0 Å². The molecule has 0 bridgehead atoms. The van der Waals surface area contributed by atoms with Crippen LogP contribution >= 0.6 is 0 Å². The van der Waals surface area contributed by atoms with Crippen LogP contribution in [0.2, 0.25) is 0 Å². The molecule has 19 heavy (non-hydrogen) atoms. The molecule has 0 unspecified atom stereocenters. The molecule has 0 spiro atoms. The Hall–Kier alpha value is -1.31. The topological polar surface area (TPSA) is 26.0 Å². The molecule has 0 amide bonds. The second-order valence-electron chi connectivity index (χ2n) is 4.03. The van der Waals surface area contributed by atoms with E-state index in [1.165, 1.54) is 0 Å². The predicted octanol–water partition coefficient (Wildman–Crippen LogP) is 4.19. The Morgan fingerprint density at radius 2 is 1.58 bits per heavy atom. The summed E-state index contributed by atoms with van der Waals surface area (Å²) in [5.74, 6) is -1.19. The minimum absolute atomic E-state index is 0.264. The van der Waals surface area contributed by atoms with E-state index >= 15 is 0 Å². The number of nitrogens with two attached hydrogens (primary N) is 1. The summed E-state index contributed by atoms with van der Waals surface area (Å²) in [6, 6.07) is 0.221. The van der Waals surface area contributed by atoms with E-state index in [-0.39, 0.29) is 11.6 Å². The van der Waals surface area contributed by atoms with Crippen molar-refractivity contribution in [1.82, 2.24) is 0 Å². The molecule has 1 aromatic carbocycles. The fourth-order valence-electron chi connectivity index (χ4n) is 1.48. The third-order valence-electron chi connectivity index (χ3n) is 2.41. The summed E-state index contributed by atoms with van der Waals surface area (Å²) in [4.78, 5) is 0. The molecular weight excluding hydrogens is 279 g/mol. The highest BCUT2D eigenvalue weighted by Gasteiger charge is 2.32. The van der Waals surface area contributed by atoms with Gasteiger partial charge in [0.05, 0.1) is 5.56 Å². The van der Waals surface area contributed by atoms with Crippen molar-refractivity contribution in [2.45, 2.75) is 31.2 Å². The molecule has 0 saturated carbocycles. The molecule has 1 rings (SSSR count). The summed E-state index contributed by atoms with van der Waals surface area (Å²) in [6.45, 7) is 0. The van der Waals surface area contributed by atoms with Crippen LogP contribution in [0.4, 0.5) is 30.7 Å². The van der Waals surface area contributed by atoms with Crippen LogP contribution in [0.15, 0.2) is 18.2 Å². The van der Waals surface area contributed by atoms with Crippen molar-refractivity contribution in [3.05, 3.63) is 35.1 Å². The molecule has 0 aliphatic carbocycles. The van der Waals surface area contributed by atoms with Gasteiger partial charge < -0.3 is 5.73 Å². The zero-order chi connectivity index (χ0) is 14.8. The first-order chi connectivity index (χ1) is 8.49. The Bertz CT molecular complexity index is 436. The second-order valence-corrected chi connectivity index (χ2v) is 4.03. The van der Waals surface area contributed by atoms with Gasteiger partial charge in [-0.1, -0.05) is 0 Å². The van der Waals surface area contributed by atoms with Gasteiger partial charge in [0, 0.05) is 12.5 Å². The number of rotatable bonds is 3. The van der Waals surface area contributed by atoms with Crippen LogP contribution in [-0.4, -0.2) is 6.18 Å². The van der Waals surface area contributed by atoms with Gasteiger partial charge in [-0.25, -0.2) is 4.39 Å². The summed E-state index contributed by atoms with van der Waals surface area (Å²) >= 11 is 0. The van der Waals surface area contributed by atoms with Crippen molar-refractivity contribution >= 4 is 0 Å². The van der Waals surface area contributed by atoms with Crippen molar-refractivity contribution in [3.63, 3.8) is 0 Å². The number of hydrogen-bond donors (Lipinski definition) is 1. The van der Waals surface area contributed by atoms with Gasteiger partial charge in [-0.05, 0) is 30.2 Å². The third kappa shape index (κ3) is 5.06. The van der Waals surface area contributed by atoms with Crippen LogP contribution < -0.4 is 5.73 Å². The van der Waals surface area contributed by atoms with Crippen LogP contribution in [0.25, 0.3) is 0 Å². The Labute approximate surface area is 104 Å². The maximum atomic E-state index is 13.0. The Morgan fingerprint density at radius 3 is 2.05 bits per heavy atom. The summed E-state index contributed by atoms with van der Waals surface area (Å²) in [6.07, 6.45) is -11.1. The first-order valence-electron chi connectivity index (χ1n) is 5.19. The van der Waals surface area contributed by atoms with Crippen LogP contribution in [0, 0.1) is 5.82 Å². The molecule has 108 valence electrons. The van der Waals surface area contributed by atoms with E-state index in [0.29, 0.717) is 12.1 Å². The van der Waals surface area contributed by atoms with Crippen LogP contribution in [0.1, 0.15) is 30.0 Å². The highest BCUT2D eigenvalue weighted by Crippen LogP contribution is 2.33. The Kier molecular flexibility index (Phi) is 4.44. The SMILES string of the molecule is N[C@@H](CCC(F)(F)F)c1cc(F)cc(C(F)(F)F)c1. The van der Waals surface area contributed by atoms with E-state index in [9.17, 15) is 30.7 Å². The summed E-state index contributed by atoms with van der Waals surface area (Å²) < 4.78 is 86.1. The molecule has 0 saturated heterocycles. The summed E-state index contributed by atoms with van der Waals surface area (Å²) in [5, 5.41) is 0. The molecule has 0 radical (unpaired) electrons. The highest BCUT2D eigenvalue weighted by atomic mass is 19.4. The molecule has 1 atom stereocenters. The van der Waals surface area contributed by atoms with Crippen LogP contribution in [-0.2, 0) is 6.18 Å². The minimum atomic E-state index is -4.78. The summed E-state index contributed by atoms with van der Waals surface area (Å²) in [5.41, 5.74) is 3.77. The lowest BCUT2D eigenvalue weighted by atomic mass is 10.00. The first kappa shape index (κ1) is 15.7. The van der Waals surface area contributed by atoms with Gasteiger partial charge in [0.2, 0.25) is 0 Å². The highest BCUT2D eigenvalue weighted by molar-refractivity contribution is 5.28. The van der Waals surface area contributed by atoms with Crippen molar-refractivity contribution in [1.29, 1.82) is 0 Å². The molecule has 0 aromatic heterocycles. The number of halogens is 7. The maximum Gasteiger partial charge on any atom is 0.416 e. The maximum absolute atomic E-state index is 13.0. The van der Waals surface area contributed by atoms with Gasteiger partial charge >= 0.3 is 12.4 Å². The lowest BCUT2D eigenvalue weighted by Crippen LogP contribution is -2.17. The van der Waals surface area contributed by atoms with Gasteiger partial charge in [0.1, 0.15) is 5.82 Å². The first-order valence-corrected chi connectivity index (χ1v) is 5.19.